The van der Waals surface area contributed by atoms with E-state index >= 15 is 0 Å². The van der Waals surface area contributed by atoms with Crippen molar-refractivity contribution in [3.8, 4) is 0 Å². The molecule has 1 fully saturated rings. The minimum absolute atomic E-state index is 1.10. The van der Waals surface area contributed by atoms with E-state index in [1.165, 1.54) is 55.8 Å². The summed E-state index contributed by atoms with van der Waals surface area (Å²) in [5.41, 5.74) is 0. The maximum Gasteiger partial charge on any atom is 0.483 e. The van der Waals surface area contributed by atoms with E-state index < -0.39 is 33.8 Å². The van der Waals surface area contributed by atoms with E-state index in [0.717, 1.165) is 6.54 Å². The number of hydrogen-bond donors (Lipinski definition) is 1. The summed E-state index contributed by atoms with van der Waals surface area (Å²) < 4.78 is 137. The average Bonchev–Trinajstić information content (AvgIpc) is 2.77. The zero-order chi connectivity index (χ0) is 22.7. The summed E-state index contributed by atoms with van der Waals surface area (Å²) in [6.07, 6.45) is -13.7. The van der Waals surface area contributed by atoms with E-state index in [4.69, 9.17) is 0 Å². The molecule has 0 aliphatic carbocycles. The third-order valence-corrected chi connectivity index (χ3v) is 4.84. The molecule has 2 heterocycles. The average molecular weight is 468 g/mol. The molecule has 6 nitrogen and oxygen atoms in total. The van der Waals surface area contributed by atoms with Gasteiger partial charge in [-0.05, 0) is 19.3 Å². The van der Waals surface area contributed by atoms with Crippen molar-refractivity contribution in [2.24, 2.45) is 4.99 Å². The smallest absolute Gasteiger partial charge is 0.483 e. The minimum Gasteiger partial charge on any atom is -0.743 e. The molecule has 2 aliphatic rings. The third kappa shape index (κ3) is 6.42. The fourth-order valence-corrected chi connectivity index (χ4v) is 2.85. The molecule has 0 bridgehead atoms. The highest BCUT2D eigenvalue weighted by molar-refractivity contribution is 7.86. The van der Waals surface area contributed by atoms with Gasteiger partial charge in [0.05, 0.1) is 13.1 Å². The summed E-state index contributed by atoms with van der Waals surface area (Å²) in [5.74, 6) is 1.48. The van der Waals surface area contributed by atoms with Gasteiger partial charge in [-0.25, -0.2) is 18.1 Å². The Morgan fingerprint density at radius 3 is 1.93 bits per heavy atom. The zero-order valence-electron chi connectivity index (χ0n) is 14.5. The monoisotopic (exact) mass is 468 g/mol. The van der Waals surface area contributed by atoms with Gasteiger partial charge in [0.25, 0.3) is 0 Å². The van der Waals surface area contributed by atoms with Crippen LogP contribution in [-0.2, 0) is 14.9 Å². The number of hydrogen-bond acceptors (Lipinski definition) is 5. The van der Waals surface area contributed by atoms with Crippen LogP contribution in [0.1, 0.15) is 32.1 Å². The van der Waals surface area contributed by atoms with Crippen molar-refractivity contribution in [1.29, 1.82) is 0 Å². The number of rotatable bonds is 4. The van der Waals surface area contributed by atoms with Crippen molar-refractivity contribution in [2.45, 2.75) is 55.8 Å². The van der Waals surface area contributed by atoms with Crippen molar-refractivity contribution in [1.82, 2.24) is 0 Å². The Kier molecular flexibility index (Phi) is 7.98. The molecular formula is C13H17F9N2O4S. The minimum atomic E-state index is -7.24. The standard InChI is InChI=1S/C9H16N2.C4HF9O4S/c1-2-5-9-10-6-4-8-11(9)7-3-1;5-1(6,7)2(8,9)17-3(10,11)4(12,13)18(14,15)16/h1-8H2;(H,14,15,16). The lowest BCUT2D eigenvalue weighted by atomic mass is 10.2. The van der Waals surface area contributed by atoms with Crippen LogP contribution in [0.15, 0.2) is 4.99 Å². The molecule has 0 radical (unpaired) electrons. The SMILES string of the molecule is C1CCC2=NCCC[NH+]2CC1.O=S(=O)([O-])C(F)(F)C(F)(F)OC(F)(F)C(F)(F)F. The van der Waals surface area contributed by atoms with Crippen LogP contribution in [0.5, 0.6) is 0 Å². The fourth-order valence-electron chi connectivity index (χ4n) is 2.52. The van der Waals surface area contributed by atoms with Crippen LogP contribution < -0.4 is 4.90 Å². The van der Waals surface area contributed by atoms with Crippen LogP contribution in [0.2, 0.25) is 0 Å². The summed E-state index contributed by atoms with van der Waals surface area (Å²) in [4.78, 5) is 6.28. The molecule has 2 aliphatic heterocycles. The lowest BCUT2D eigenvalue weighted by Crippen LogP contribution is -3.15. The van der Waals surface area contributed by atoms with Crippen LogP contribution in [0.25, 0.3) is 0 Å². The second kappa shape index (κ2) is 8.93. The first-order valence-corrected chi connectivity index (χ1v) is 9.57. The Morgan fingerprint density at radius 2 is 1.41 bits per heavy atom. The highest BCUT2D eigenvalue weighted by Crippen LogP contribution is 2.46. The maximum absolute atomic E-state index is 12.2. The van der Waals surface area contributed by atoms with E-state index in [1.54, 1.807) is 4.90 Å². The fraction of sp³-hybridized carbons (Fsp3) is 0.923. The number of aliphatic imine (C=N–C) groups is 1. The van der Waals surface area contributed by atoms with Crippen LogP contribution in [0.3, 0.4) is 0 Å². The number of halogens is 9. The van der Waals surface area contributed by atoms with Crippen LogP contribution in [0.4, 0.5) is 39.5 Å². The molecule has 0 spiro atoms. The summed E-state index contributed by atoms with van der Waals surface area (Å²) in [5, 5.41) is -6.81. The van der Waals surface area contributed by atoms with Crippen molar-refractivity contribution in [3.63, 3.8) is 0 Å². The van der Waals surface area contributed by atoms with Crippen molar-refractivity contribution < 1.29 is 62.1 Å². The highest BCUT2D eigenvalue weighted by Gasteiger charge is 2.72. The second-order valence-corrected chi connectivity index (χ2v) is 7.62. The van der Waals surface area contributed by atoms with Crippen molar-refractivity contribution in [3.05, 3.63) is 0 Å². The quantitative estimate of drug-likeness (QED) is 0.507. The van der Waals surface area contributed by atoms with E-state index in [1.807, 2.05) is 0 Å². The third-order valence-electron chi connectivity index (χ3n) is 3.98. The summed E-state index contributed by atoms with van der Waals surface area (Å²) >= 11 is 0. The molecule has 0 aromatic carbocycles. The predicted molar refractivity (Wildman–Crippen MR) is 77.8 cm³/mol. The van der Waals surface area contributed by atoms with Gasteiger partial charge >= 0.3 is 23.6 Å². The molecule has 172 valence electrons. The Labute approximate surface area is 159 Å². The maximum atomic E-state index is 12.2. The summed E-state index contributed by atoms with van der Waals surface area (Å²) in [6.45, 7) is 3.79. The molecule has 0 amide bonds. The molecule has 1 unspecified atom stereocenters. The van der Waals surface area contributed by atoms with Crippen LogP contribution >= 0.6 is 0 Å². The number of alkyl halides is 9. The number of fused-ring (bicyclic) bond motifs is 1. The number of ether oxygens (including phenoxy) is 1. The highest BCUT2D eigenvalue weighted by atomic mass is 32.2. The first kappa shape index (κ1) is 25.9. The first-order valence-electron chi connectivity index (χ1n) is 8.16. The first-order chi connectivity index (χ1) is 12.9. The largest absolute Gasteiger partial charge is 0.743 e. The number of nitrogens with one attached hydrogen (secondary N) is 1. The van der Waals surface area contributed by atoms with Crippen molar-refractivity contribution >= 4 is 16.0 Å². The van der Waals surface area contributed by atoms with E-state index in [2.05, 4.69) is 4.99 Å². The summed E-state index contributed by atoms with van der Waals surface area (Å²) in [6, 6.07) is 0. The number of quaternary nitrogens is 1. The van der Waals surface area contributed by atoms with Crippen molar-refractivity contribution in [2.75, 3.05) is 19.6 Å². The van der Waals surface area contributed by atoms with Gasteiger partial charge in [0.15, 0.2) is 16.0 Å². The molecule has 0 saturated carbocycles. The Bertz CT molecular complexity index is 695. The van der Waals surface area contributed by atoms with Gasteiger partial charge in [0.2, 0.25) is 0 Å². The summed E-state index contributed by atoms with van der Waals surface area (Å²) in [7, 11) is -7.24. The Hall–Kier alpha value is -1.13. The molecule has 2 rings (SSSR count). The predicted octanol–water partition coefficient (Wildman–Crippen LogP) is 2.14. The molecule has 0 aromatic heterocycles. The van der Waals surface area contributed by atoms with E-state index in [9.17, 15) is 52.5 Å². The zero-order valence-corrected chi connectivity index (χ0v) is 15.4. The van der Waals surface area contributed by atoms with Gasteiger partial charge < -0.3 is 4.55 Å². The van der Waals surface area contributed by atoms with Gasteiger partial charge in [-0.2, -0.15) is 39.5 Å². The van der Waals surface area contributed by atoms with Crippen LogP contribution in [-0.4, -0.2) is 62.1 Å². The lowest BCUT2D eigenvalue weighted by molar-refractivity contribution is -0.809. The molecule has 29 heavy (non-hydrogen) atoms. The van der Waals surface area contributed by atoms with E-state index in [-0.39, 0.29) is 0 Å². The number of amidine groups is 1. The van der Waals surface area contributed by atoms with Gasteiger partial charge in [0.1, 0.15) is 0 Å². The molecule has 1 N–H and O–H groups in total. The Balaban J connectivity index is 0.000000321. The second-order valence-electron chi connectivity index (χ2n) is 6.20. The van der Waals surface area contributed by atoms with Gasteiger partial charge in [0, 0.05) is 19.4 Å². The Morgan fingerprint density at radius 1 is 0.862 bits per heavy atom. The van der Waals surface area contributed by atoms with E-state index in [0.29, 0.717) is 0 Å². The normalized spacial score (nSPS) is 22.0. The molecule has 1 atom stereocenters. The topological polar surface area (TPSA) is 83.2 Å². The van der Waals surface area contributed by atoms with Gasteiger partial charge in [-0.15, -0.1) is 0 Å². The molecule has 16 heteroatoms. The molecule has 1 saturated heterocycles. The number of nitrogens with zero attached hydrogens (tertiary/aromatic N) is 1. The van der Waals surface area contributed by atoms with Gasteiger partial charge in [-0.1, -0.05) is 0 Å². The lowest BCUT2D eigenvalue weighted by Gasteiger charge is -2.31. The molecular weight excluding hydrogens is 451 g/mol. The van der Waals surface area contributed by atoms with Crippen LogP contribution in [0, 0.1) is 0 Å². The molecule has 0 aromatic rings. The van der Waals surface area contributed by atoms with Gasteiger partial charge in [-0.3, -0.25) is 4.90 Å².